The molecule has 1 heterocycles. The van der Waals surface area contributed by atoms with Crippen molar-refractivity contribution < 1.29 is 4.79 Å². The molecule has 0 radical (unpaired) electrons. The van der Waals surface area contributed by atoms with Crippen LogP contribution in [-0.4, -0.2) is 21.1 Å². The number of hydrogen-bond acceptors (Lipinski definition) is 3. The molecule has 6 nitrogen and oxygen atoms in total. The normalized spacial score (nSPS) is 12.1. The van der Waals surface area contributed by atoms with Crippen LogP contribution in [0.5, 0.6) is 0 Å². The minimum atomic E-state index is -0.704. The van der Waals surface area contributed by atoms with Gasteiger partial charge >= 0.3 is 11.1 Å². The van der Waals surface area contributed by atoms with Gasteiger partial charge in [0.15, 0.2) is 0 Å². The van der Waals surface area contributed by atoms with Gasteiger partial charge in [0.25, 0.3) is 0 Å². The third-order valence-corrected chi connectivity index (χ3v) is 3.77. The Morgan fingerprint density at radius 1 is 1.22 bits per heavy atom. The molecule has 0 saturated heterocycles. The molecule has 2 aromatic rings. The van der Waals surface area contributed by atoms with Crippen molar-refractivity contribution >= 4 is 16.9 Å². The Hall–Kier alpha value is -2.63. The molecule has 0 saturated carbocycles. The summed E-state index contributed by atoms with van der Waals surface area (Å²) in [6, 6.07) is 7.06. The average molecular weight is 315 g/mol. The Morgan fingerprint density at radius 3 is 2.35 bits per heavy atom. The number of para-hydroxylation sites is 2. The zero-order valence-corrected chi connectivity index (χ0v) is 13.4. The van der Waals surface area contributed by atoms with Gasteiger partial charge in [-0.3, -0.25) is 23.5 Å². The number of carbonyl (C=O) groups excluding carboxylic acids is 1. The van der Waals surface area contributed by atoms with E-state index in [4.69, 9.17) is 0 Å². The van der Waals surface area contributed by atoms with Crippen LogP contribution >= 0.6 is 0 Å². The molecular formula is C17H21N3O3. The standard InChI is InChI=1S/C17H21N3O3/c1-4-10-19-13-8-6-7-9-14(13)20(17(23)16(19)22)11-15(21)18-12(3)5-2/h4,6-9,12H,1,5,10-11H2,2-3H3,(H,18,21)/t12-/m1/s1. The summed E-state index contributed by atoms with van der Waals surface area (Å²) in [5.41, 5.74) is -0.198. The zero-order chi connectivity index (χ0) is 17.0. The molecule has 0 aliphatic rings. The predicted molar refractivity (Wildman–Crippen MR) is 90.6 cm³/mol. The largest absolute Gasteiger partial charge is 0.352 e. The van der Waals surface area contributed by atoms with Gasteiger partial charge in [-0.2, -0.15) is 0 Å². The SMILES string of the molecule is C=CCn1c(=O)c(=O)n(CC(=O)N[C@H](C)CC)c2ccccc21. The summed E-state index contributed by atoms with van der Waals surface area (Å²) in [5.74, 6) is -0.285. The van der Waals surface area contributed by atoms with Crippen LogP contribution < -0.4 is 16.4 Å². The fourth-order valence-corrected chi connectivity index (χ4v) is 2.40. The topological polar surface area (TPSA) is 73.1 Å². The summed E-state index contributed by atoms with van der Waals surface area (Å²) in [7, 11) is 0. The molecule has 0 fully saturated rings. The molecule has 6 heteroatoms. The summed E-state index contributed by atoms with van der Waals surface area (Å²) < 4.78 is 2.60. The molecule has 1 N–H and O–H groups in total. The van der Waals surface area contributed by atoms with Crippen molar-refractivity contribution in [3.8, 4) is 0 Å². The third-order valence-electron chi connectivity index (χ3n) is 3.77. The smallest absolute Gasteiger partial charge is 0.317 e. The molecule has 0 aliphatic carbocycles. The van der Waals surface area contributed by atoms with Crippen LogP contribution in [0.15, 0.2) is 46.5 Å². The van der Waals surface area contributed by atoms with Crippen LogP contribution in [0.25, 0.3) is 11.0 Å². The summed E-state index contributed by atoms with van der Waals surface area (Å²) in [5, 5.41) is 2.81. The van der Waals surface area contributed by atoms with Gasteiger partial charge in [-0.1, -0.05) is 25.1 Å². The second-order valence-electron chi connectivity index (χ2n) is 5.46. The quantitative estimate of drug-likeness (QED) is 0.644. The Morgan fingerprint density at radius 2 is 1.78 bits per heavy atom. The Labute approximate surface area is 134 Å². The number of amides is 1. The fourth-order valence-electron chi connectivity index (χ4n) is 2.40. The van der Waals surface area contributed by atoms with Crippen LogP contribution in [0.2, 0.25) is 0 Å². The molecule has 1 aromatic heterocycles. The number of nitrogens with zero attached hydrogens (tertiary/aromatic N) is 2. The lowest BCUT2D eigenvalue weighted by Crippen LogP contribution is -2.44. The number of fused-ring (bicyclic) bond motifs is 1. The highest BCUT2D eigenvalue weighted by Gasteiger charge is 2.15. The molecule has 1 aromatic carbocycles. The molecule has 1 amide bonds. The Kier molecular flexibility index (Phi) is 5.16. The van der Waals surface area contributed by atoms with E-state index in [0.717, 1.165) is 6.42 Å². The van der Waals surface area contributed by atoms with Crippen molar-refractivity contribution in [2.45, 2.75) is 39.4 Å². The molecule has 1 atom stereocenters. The zero-order valence-electron chi connectivity index (χ0n) is 13.4. The summed E-state index contributed by atoms with van der Waals surface area (Å²) in [4.78, 5) is 36.8. The molecule has 0 unspecified atom stereocenters. The van der Waals surface area contributed by atoms with Crippen molar-refractivity contribution in [3.63, 3.8) is 0 Å². The maximum absolute atomic E-state index is 12.4. The molecule has 23 heavy (non-hydrogen) atoms. The van der Waals surface area contributed by atoms with E-state index in [1.807, 2.05) is 13.8 Å². The van der Waals surface area contributed by atoms with Gasteiger partial charge in [0.2, 0.25) is 5.91 Å². The van der Waals surface area contributed by atoms with Gasteiger partial charge in [0.1, 0.15) is 6.54 Å². The molecule has 2 rings (SSSR count). The summed E-state index contributed by atoms with van der Waals surface area (Å²) >= 11 is 0. The molecule has 0 bridgehead atoms. The number of hydrogen-bond donors (Lipinski definition) is 1. The van der Waals surface area contributed by atoms with Gasteiger partial charge in [-0.25, -0.2) is 0 Å². The summed E-state index contributed by atoms with van der Waals surface area (Å²) in [6.45, 7) is 7.54. The van der Waals surface area contributed by atoms with Crippen molar-refractivity contribution in [2.75, 3.05) is 0 Å². The number of allylic oxidation sites excluding steroid dienone is 1. The Bertz CT molecular complexity index is 848. The number of aromatic nitrogens is 2. The van der Waals surface area contributed by atoms with E-state index in [9.17, 15) is 14.4 Å². The van der Waals surface area contributed by atoms with Crippen molar-refractivity contribution in [1.29, 1.82) is 0 Å². The lowest BCUT2D eigenvalue weighted by atomic mass is 10.2. The first kappa shape index (κ1) is 16.7. The van der Waals surface area contributed by atoms with E-state index in [1.54, 1.807) is 30.3 Å². The lowest BCUT2D eigenvalue weighted by molar-refractivity contribution is -0.122. The van der Waals surface area contributed by atoms with Gasteiger partial charge in [0, 0.05) is 12.6 Å². The maximum Gasteiger partial charge on any atom is 0.317 e. The average Bonchev–Trinajstić information content (AvgIpc) is 2.55. The van der Waals surface area contributed by atoms with Crippen molar-refractivity contribution in [2.24, 2.45) is 0 Å². The van der Waals surface area contributed by atoms with E-state index < -0.39 is 11.1 Å². The van der Waals surface area contributed by atoms with Crippen molar-refractivity contribution in [1.82, 2.24) is 14.5 Å². The first-order valence-electron chi connectivity index (χ1n) is 7.62. The van der Waals surface area contributed by atoms with Crippen LogP contribution in [0.1, 0.15) is 20.3 Å². The number of carbonyl (C=O) groups is 1. The molecule has 122 valence electrons. The highest BCUT2D eigenvalue weighted by Crippen LogP contribution is 2.10. The third kappa shape index (κ3) is 3.41. The Balaban J connectivity index is 2.57. The monoisotopic (exact) mass is 315 g/mol. The van der Waals surface area contributed by atoms with E-state index in [0.29, 0.717) is 11.0 Å². The molecular weight excluding hydrogens is 294 g/mol. The fraction of sp³-hybridized carbons (Fsp3) is 0.353. The minimum absolute atomic E-state index is 0.0191. The van der Waals surface area contributed by atoms with Gasteiger partial charge in [0.05, 0.1) is 11.0 Å². The van der Waals surface area contributed by atoms with Crippen molar-refractivity contribution in [3.05, 3.63) is 57.6 Å². The number of benzene rings is 1. The maximum atomic E-state index is 12.4. The van der Waals surface area contributed by atoms with Crippen LogP contribution in [-0.2, 0) is 17.9 Å². The number of rotatable bonds is 6. The molecule has 0 spiro atoms. The van der Waals surface area contributed by atoms with E-state index in [1.165, 1.54) is 9.13 Å². The van der Waals surface area contributed by atoms with Crippen LogP contribution in [0.3, 0.4) is 0 Å². The van der Waals surface area contributed by atoms with E-state index in [-0.39, 0.29) is 25.0 Å². The van der Waals surface area contributed by atoms with Crippen LogP contribution in [0, 0.1) is 0 Å². The van der Waals surface area contributed by atoms with E-state index >= 15 is 0 Å². The van der Waals surface area contributed by atoms with Crippen LogP contribution in [0.4, 0.5) is 0 Å². The second-order valence-corrected chi connectivity index (χ2v) is 5.46. The van der Waals surface area contributed by atoms with Gasteiger partial charge in [-0.05, 0) is 25.5 Å². The minimum Gasteiger partial charge on any atom is -0.352 e. The number of nitrogens with one attached hydrogen (secondary N) is 1. The van der Waals surface area contributed by atoms with E-state index in [2.05, 4.69) is 11.9 Å². The lowest BCUT2D eigenvalue weighted by Gasteiger charge is -2.15. The van der Waals surface area contributed by atoms with Gasteiger partial charge in [-0.15, -0.1) is 6.58 Å². The first-order valence-corrected chi connectivity index (χ1v) is 7.62. The second kappa shape index (κ2) is 7.09. The van der Waals surface area contributed by atoms with Gasteiger partial charge < -0.3 is 5.32 Å². The summed E-state index contributed by atoms with van der Waals surface area (Å²) in [6.07, 6.45) is 2.36. The highest BCUT2D eigenvalue weighted by molar-refractivity contribution is 5.80. The first-order chi connectivity index (χ1) is 11.0. The highest BCUT2D eigenvalue weighted by atomic mass is 16.2. The predicted octanol–water partition coefficient (Wildman–Crippen LogP) is 1.26. The molecule has 0 aliphatic heterocycles.